The highest BCUT2D eigenvalue weighted by molar-refractivity contribution is 6.08. The number of carbonyl (C=O) groups is 2. The Labute approximate surface area is 112 Å². The van der Waals surface area contributed by atoms with Crippen LogP contribution in [0.5, 0.6) is 0 Å². The van der Waals surface area contributed by atoms with Crippen LogP contribution in [0.3, 0.4) is 0 Å². The largest absolute Gasteiger partial charge is 0.329 e. The molecule has 0 aliphatic carbocycles. The molecule has 1 aromatic heterocycles. The summed E-state index contributed by atoms with van der Waals surface area (Å²) in [6.45, 7) is 0.0761. The van der Waals surface area contributed by atoms with E-state index in [1.807, 2.05) is 0 Å². The van der Waals surface area contributed by atoms with Crippen molar-refractivity contribution < 1.29 is 18.4 Å². The third kappa shape index (κ3) is 1.72. The molecule has 1 saturated heterocycles. The Morgan fingerprint density at radius 2 is 2.05 bits per heavy atom. The minimum atomic E-state index is -1.06. The van der Waals surface area contributed by atoms with Crippen LogP contribution in [0.1, 0.15) is 6.42 Å². The topological polar surface area (TPSA) is 67.2 Å². The standard InChI is InChI=1S/C12H10F2N4O2/c1-17-7-3-2-6(13)10(14)9(7)11(16-17)18-5-4-8(19)15-12(18)20/h2-3H,4-5H2,1H3,(H,15,19,20). The van der Waals surface area contributed by atoms with Crippen molar-refractivity contribution in [3.63, 3.8) is 0 Å². The molecule has 1 aliphatic heterocycles. The quantitative estimate of drug-likeness (QED) is 0.856. The summed E-state index contributed by atoms with van der Waals surface area (Å²) in [5.41, 5.74) is 0.364. The van der Waals surface area contributed by atoms with Gasteiger partial charge in [-0.05, 0) is 12.1 Å². The highest BCUT2D eigenvalue weighted by atomic mass is 19.2. The van der Waals surface area contributed by atoms with Gasteiger partial charge in [0.25, 0.3) is 0 Å². The number of aryl methyl sites for hydroxylation is 1. The van der Waals surface area contributed by atoms with Crippen LogP contribution < -0.4 is 10.2 Å². The van der Waals surface area contributed by atoms with E-state index in [4.69, 9.17) is 0 Å². The molecule has 2 heterocycles. The molecular weight excluding hydrogens is 270 g/mol. The summed E-state index contributed by atoms with van der Waals surface area (Å²) in [5, 5.41) is 6.10. The Morgan fingerprint density at radius 3 is 2.75 bits per heavy atom. The molecule has 0 radical (unpaired) electrons. The van der Waals surface area contributed by atoms with E-state index in [0.29, 0.717) is 5.52 Å². The Hall–Kier alpha value is -2.51. The summed E-state index contributed by atoms with van der Waals surface area (Å²) in [5.74, 6) is -2.47. The maximum atomic E-state index is 14.0. The van der Waals surface area contributed by atoms with Gasteiger partial charge in [0.1, 0.15) is 0 Å². The van der Waals surface area contributed by atoms with E-state index in [0.717, 1.165) is 11.0 Å². The second kappa shape index (κ2) is 4.26. The van der Waals surface area contributed by atoms with Gasteiger partial charge in [0.2, 0.25) is 5.91 Å². The zero-order chi connectivity index (χ0) is 14.4. The van der Waals surface area contributed by atoms with E-state index in [1.165, 1.54) is 10.7 Å². The lowest BCUT2D eigenvalue weighted by atomic mass is 10.2. The van der Waals surface area contributed by atoms with Gasteiger partial charge < -0.3 is 0 Å². The van der Waals surface area contributed by atoms with Gasteiger partial charge in [0.15, 0.2) is 17.5 Å². The first-order valence-corrected chi connectivity index (χ1v) is 5.91. The molecule has 104 valence electrons. The summed E-state index contributed by atoms with van der Waals surface area (Å²) in [7, 11) is 1.57. The number of carbonyl (C=O) groups excluding carboxylic acids is 2. The summed E-state index contributed by atoms with van der Waals surface area (Å²) >= 11 is 0. The second-order valence-corrected chi connectivity index (χ2v) is 4.46. The highest BCUT2D eigenvalue weighted by Gasteiger charge is 2.29. The predicted octanol–water partition coefficient (Wildman–Crippen LogP) is 1.30. The van der Waals surface area contributed by atoms with Crippen molar-refractivity contribution in [1.82, 2.24) is 15.1 Å². The fourth-order valence-electron chi connectivity index (χ4n) is 2.22. The van der Waals surface area contributed by atoms with Gasteiger partial charge in [-0.15, -0.1) is 0 Å². The van der Waals surface area contributed by atoms with Crippen LogP contribution in [-0.2, 0) is 11.8 Å². The summed E-state index contributed by atoms with van der Waals surface area (Å²) in [6.07, 6.45) is 0.0841. The molecular formula is C12H10F2N4O2. The van der Waals surface area contributed by atoms with E-state index >= 15 is 0 Å². The molecule has 3 rings (SSSR count). The Kier molecular flexibility index (Phi) is 2.66. The van der Waals surface area contributed by atoms with Crippen molar-refractivity contribution in [2.24, 2.45) is 7.05 Å². The smallest absolute Gasteiger partial charge is 0.278 e. The van der Waals surface area contributed by atoms with Crippen LogP contribution in [0, 0.1) is 11.6 Å². The molecule has 8 heteroatoms. The van der Waals surface area contributed by atoms with E-state index in [2.05, 4.69) is 10.4 Å². The molecule has 1 N–H and O–H groups in total. The van der Waals surface area contributed by atoms with E-state index in [9.17, 15) is 18.4 Å². The monoisotopic (exact) mass is 280 g/mol. The number of hydrogen-bond donors (Lipinski definition) is 1. The number of imide groups is 1. The number of anilines is 1. The average Bonchev–Trinajstić information content (AvgIpc) is 2.72. The van der Waals surface area contributed by atoms with E-state index in [1.54, 1.807) is 7.05 Å². The van der Waals surface area contributed by atoms with Crippen molar-refractivity contribution in [2.45, 2.75) is 6.42 Å². The van der Waals surface area contributed by atoms with Crippen molar-refractivity contribution in [1.29, 1.82) is 0 Å². The van der Waals surface area contributed by atoms with Crippen LogP contribution in [0.15, 0.2) is 12.1 Å². The van der Waals surface area contributed by atoms with Gasteiger partial charge in [-0.2, -0.15) is 5.10 Å². The molecule has 0 unspecified atom stereocenters. The van der Waals surface area contributed by atoms with Crippen molar-refractivity contribution >= 4 is 28.7 Å². The fourth-order valence-corrected chi connectivity index (χ4v) is 2.22. The molecule has 0 atom stereocenters. The third-order valence-corrected chi connectivity index (χ3v) is 3.20. The predicted molar refractivity (Wildman–Crippen MR) is 66.1 cm³/mol. The number of aromatic nitrogens is 2. The zero-order valence-electron chi connectivity index (χ0n) is 10.5. The average molecular weight is 280 g/mol. The second-order valence-electron chi connectivity index (χ2n) is 4.46. The number of urea groups is 1. The minimum Gasteiger partial charge on any atom is -0.278 e. The molecule has 1 aromatic carbocycles. The van der Waals surface area contributed by atoms with E-state index in [-0.39, 0.29) is 24.2 Å². The van der Waals surface area contributed by atoms with E-state index < -0.39 is 23.6 Å². The van der Waals surface area contributed by atoms with Crippen molar-refractivity contribution in [2.75, 3.05) is 11.4 Å². The molecule has 3 amide bonds. The molecule has 0 saturated carbocycles. The first kappa shape index (κ1) is 12.5. The highest BCUT2D eigenvalue weighted by Crippen LogP contribution is 2.30. The molecule has 6 nitrogen and oxygen atoms in total. The minimum absolute atomic E-state index is 0.00417. The van der Waals surface area contributed by atoms with Crippen molar-refractivity contribution in [3.8, 4) is 0 Å². The maximum absolute atomic E-state index is 14.0. The molecule has 0 spiro atoms. The van der Waals surface area contributed by atoms with Crippen LogP contribution in [0.4, 0.5) is 19.4 Å². The van der Waals surface area contributed by atoms with Gasteiger partial charge in [-0.3, -0.25) is 19.7 Å². The number of fused-ring (bicyclic) bond motifs is 1. The van der Waals surface area contributed by atoms with Gasteiger partial charge in [0, 0.05) is 20.0 Å². The van der Waals surface area contributed by atoms with Gasteiger partial charge in [-0.25, -0.2) is 13.6 Å². The number of hydrogen-bond acceptors (Lipinski definition) is 3. The van der Waals surface area contributed by atoms with Crippen LogP contribution >= 0.6 is 0 Å². The molecule has 0 bridgehead atoms. The van der Waals surface area contributed by atoms with Gasteiger partial charge in [-0.1, -0.05) is 0 Å². The molecule has 1 aliphatic rings. The first-order valence-electron chi connectivity index (χ1n) is 5.91. The summed E-state index contributed by atoms with van der Waals surface area (Å²) in [4.78, 5) is 24.0. The van der Waals surface area contributed by atoms with Crippen LogP contribution in [0.2, 0.25) is 0 Å². The van der Waals surface area contributed by atoms with Crippen LogP contribution in [0.25, 0.3) is 10.9 Å². The lowest BCUT2D eigenvalue weighted by Crippen LogP contribution is -2.49. The number of nitrogens with zero attached hydrogens (tertiary/aromatic N) is 3. The normalized spacial score (nSPS) is 15.8. The molecule has 2 aromatic rings. The number of benzene rings is 1. The third-order valence-electron chi connectivity index (χ3n) is 3.20. The number of halogens is 2. The maximum Gasteiger partial charge on any atom is 0.329 e. The van der Waals surface area contributed by atoms with Crippen molar-refractivity contribution in [3.05, 3.63) is 23.8 Å². The van der Waals surface area contributed by atoms with Gasteiger partial charge >= 0.3 is 6.03 Å². The molecule has 20 heavy (non-hydrogen) atoms. The van der Waals surface area contributed by atoms with Crippen LogP contribution in [-0.4, -0.2) is 28.3 Å². The summed E-state index contributed by atoms with van der Waals surface area (Å²) < 4.78 is 28.7. The fraction of sp³-hybridized carbons (Fsp3) is 0.250. The number of amides is 3. The van der Waals surface area contributed by atoms with Gasteiger partial charge in [0.05, 0.1) is 10.9 Å². The first-order chi connectivity index (χ1) is 9.49. The number of nitrogens with one attached hydrogen (secondary N) is 1. The lowest BCUT2D eigenvalue weighted by Gasteiger charge is -2.24. The molecule has 1 fully saturated rings. The Morgan fingerprint density at radius 1 is 1.30 bits per heavy atom. The lowest BCUT2D eigenvalue weighted by molar-refractivity contribution is -0.120. The SMILES string of the molecule is Cn1nc(N2CCC(=O)NC2=O)c2c(F)c(F)ccc21. The number of rotatable bonds is 1. The Bertz CT molecular complexity index is 741. The summed E-state index contributed by atoms with van der Waals surface area (Å²) in [6, 6.07) is 1.70. The Balaban J connectivity index is 2.19. The zero-order valence-corrected chi connectivity index (χ0v) is 10.5.